The molecule has 0 fully saturated rings. The van der Waals surface area contributed by atoms with Crippen LogP contribution in [-0.2, 0) is 22.3 Å². The van der Waals surface area contributed by atoms with Crippen molar-refractivity contribution >= 4 is 32.8 Å². The quantitative estimate of drug-likeness (QED) is 0.749. The minimum absolute atomic E-state index is 0.00939. The van der Waals surface area contributed by atoms with Crippen molar-refractivity contribution < 1.29 is 27.4 Å². The summed E-state index contributed by atoms with van der Waals surface area (Å²) in [6, 6.07) is 2.02. The molecule has 24 heavy (non-hydrogen) atoms. The molecule has 1 amide bonds. The smallest absolute Gasteiger partial charge is 0.416 e. The third-order valence-corrected chi connectivity index (χ3v) is 4.06. The summed E-state index contributed by atoms with van der Waals surface area (Å²) >= 11 is 0.957. The van der Waals surface area contributed by atoms with E-state index in [0.29, 0.717) is 15.8 Å². The van der Waals surface area contributed by atoms with Crippen molar-refractivity contribution in [1.29, 1.82) is 0 Å². The summed E-state index contributed by atoms with van der Waals surface area (Å²) < 4.78 is 49.2. The maximum Gasteiger partial charge on any atom is 0.416 e. The highest BCUT2D eigenvalue weighted by molar-refractivity contribution is 7.22. The molecular weight excluding hydrogens is 345 g/mol. The standard InChI is InChI=1S/C15H17F3N2O3S/c1-3-4-5-23-14(21)20-13-19-12-9(8-22-2)6-10(15(16,17)18)7-11(12)24-13/h6-7H,3-5,8H2,1-2H3,(H,19,20,21). The molecule has 1 aromatic carbocycles. The number of fused-ring (bicyclic) bond motifs is 1. The lowest BCUT2D eigenvalue weighted by Gasteiger charge is -2.09. The van der Waals surface area contributed by atoms with Gasteiger partial charge in [-0.25, -0.2) is 9.78 Å². The highest BCUT2D eigenvalue weighted by Gasteiger charge is 2.32. The maximum atomic E-state index is 13.0. The number of thiazole rings is 1. The summed E-state index contributed by atoms with van der Waals surface area (Å²) in [7, 11) is 1.39. The van der Waals surface area contributed by atoms with E-state index in [1.54, 1.807) is 0 Å². The number of nitrogens with zero attached hydrogens (tertiary/aromatic N) is 1. The van der Waals surface area contributed by atoms with Crippen LogP contribution in [0, 0.1) is 0 Å². The summed E-state index contributed by atoms with van der Waals surface area (Å²) in [6.07, 6.45) is -3.52. The summed E-state index contributed by atoms with van der Waals surface area (Å²) in [5, 5.41) is 2.63. The van der Waals surface area contributed by atoms with Crippen LogP contribution in [0.25, 0.3) is 10.2 Å². The first-order chi connectivity index (χ1) is 11.3. The Morgan fingerprint density at radius 2 is 2.12 bits per heavy atom. The zero-order chi connectivity index (χ0) is 17.7. The van der Waals surface area contributed by atoms with Crippen LogP contribution in [0.5, 0.6) is 0 Å². The van der Waals surface area contributed by atoms with Crippen LogP contribution < -0.4 is 5.32 Å². The van der Waals surface area contributed by atoms with Crippen LogP contribution >= 0.6 is 11.3 Å². The number of hydrogen-bond acceptors (Lipinski definition) is 5. The van der Waals surface area contributed by atoms with Crippen molar-refractivity contribution in [3.63, 3.8) is 0 Å². The number of carbonyl (C=O) groups is 1. The average molecular weight is 362 g/mol. The topological polar surface area (TPSA) is 60.5 Å². The largest absolute Gasteiger partial charge is 0.449 e. The SMILES string of the molecule is CCCCOC(=O)Nc1nc2c(COC)cc(C(F)(F)F)cc2s1. The number of carbonyl (C=O) groups excluding carboxylic acids is 1. The Morgan fingerprint density at radius 3 is 2.75 bits per heavy atom. The number of anilines is 1. The Labute approximate surface area is 140 Å². The number of nitrogens with one attached hydrogen (secondary N) is 1. The van der Waals surface area contributed by atoms with Crippen molar-refractivity contribution in [2.75, 3.05) is 19.0 Å². The molecule has 9 heteroatoms. The van der Waals surface area contributed by atoms with Crippen LogP contribution in [0.3, 0.4) is 0 Å². The summed E-state index contributed by atoms with van der Waals surface area (Å²) in [5.41, 5.74) is -0.0903. The predicted molar refractivity (Wildman–Crippen MR) is 85.2 cm³/mol. The molecule has 132 valence electrons. The minimum Gasteiger partial charge on any atom is -0.449 e. The molecule has 5 nitrogen and oxygen atoms in total. The highest BCUT2D eigenvalue weighted by atomic mass is 32.1. The Kier molecular flexibility index (Phi) is 6.00. The number of methoxy groups -OCH3 is 1. The summed E-state index contributed by atoms with van der Waals surface area (Å²) in [4.78, 5) is 15.8. The molecule has 0 aliphatic rings. The van der Waals surface area contributed by atoms with Gasteiger partial charge < -0.3 is 9.47 Å². The van der Waals surface area contributed by atoms with Gasteiger partial charge in [-0.05, 0) is 18.6 Å². The lowest BCUT2D eigenvalue weighted by molar-refractivity contribution is -0.137. The average Bonchev–Trinajstić information content (AvgIpc) is 2.89. The Bertz CT molecular complexity index is 716. The molecule has 2 rings (SSSR count). The second kappa shape index (κ2) is 7.80. The molecular formula is C15H17F3N2O3S. The molecule has 0 saturated carbocycles. The zero-order valence-electron chi connectivity index (χ0n) is 13.2. The van der Waals surface area contributed by atoms with Gasteiger partial charge in [0, 0.05) is 12.7 Å². The number of alkyl halides is 3. The molecule has 0 aliphatic carbocycles. The van der Waals surface area contributed by atoms with E-state index in [0.717, 1.165) is 36.3 Å². The van der Waals surface area contributed by atoms with Crippen molar-refractivity contribution in [2.24, 2.45) is 0 Å². The third kappa shape index (κ3) is 4.57. The van der Waals surface area contributed by atoms with E-state index in [2.05, 4.69) is 10.3 Å². The van der Waals surface area contributed by atoms with Crippen LogP contribution in [-0.4, -0.2) is 24.8 Å². The van der Waals surface area contributed by atoms with Crippen molar-refractivity contribution in [3.05, 3.63) is 23.3 Å². The lowest BCUT2D eigenvalue weighted by atomic mass is 10.1. The predicted octanol–water partition coefficient (Wildman–Crippen LogP) is 4.81. The van der Waals surface area contributed by atoms with E-state index in [1.165, 1.54) is 7.11 Å². The van der Waals surface area contributed by atoms with Gasteiger partial charge in [-0.15, -0.1) is 0 Å². The van der Waals surface area contributed by atoms with Gasteiger partial charge in [0.15, 0.2) is 5.13 Å². The molecule has 0 spiro atoms. The summed E-state index contributed by atoms with van der Waals surface area (Å²) in [5.74, 6) is 0. The molecule has 0 bridgehead atoms. The molecule has 0 radical (unpaired) electrons. The van der Waals surface area contributed by atoms with Gasteiger partial charge in [0.2, 0.25) is 0 Å². The van der Waals surface area contributed by atoms with Crippen molar-refractivity contribution in [3.8, 4) is 0 Å². The molecule has 0 unspecified atom stereocenters. The van der Waals surface area contributed by atoms with Gasteiger partial charge in [0.25, 0.3) is 0 Å². The lowest BCUT2D eigenvalue weighted by Crippen LogP contribution is -2.14. The normalized spacial score (nSPS) is 11.7. The molecule has 1 heterocycles. The maximum absolute atomic E-state index is 13.0. The van der Waals surface area contributed by atoms with E-state index < -0.39 is 17.8 Å². The van der Waals surface area contributed by atoms with Gasteiger partial charge in [0.05, 0.1) is 29.0 Å². The first-order valence-electron chi connectivity index (χ1n) is 7.28. The fraction of sp³-hybridized carbons (Fsp3) is 0.467. The first-order valence-corrected chi connectivity index (χ1v) is 8.10. The fourth-order valence-electron chi connectivity index (χ4n) is 2.01. The van der Waals surface area contributed by atoms with Gasteiger partial charge in [-0.2, -0.15) is 13.2 Å². The third-order valence-electron chi connectivity index (χ3n) is 3.14. The minimum atomic E-state index is -4.46. The van der Waals surface area contributed by atoms with Crippen molar-refractivity contribution in [1.82, 2.24) is 4.98 Å². The number of hydrogen-bond donors (Lipinski definition) is 1. The van der Waals surface area contributed by atoms with Gasteiger partial charge in [-0.3, -0.25) is 5.32 Å². The van der Waals surface area contributed by atoms with Crippen LogP contribution in [0.15, 0.2) is 12.1 Å². The second-order valence-corrected chi connectivity index (χ2v) is 6.08. The number of unbranched alkanes of at least 4 members (excludes halogenated alkanes) is 1. The van der Waals surface area contributed by atoms with E-state index in [1.807, 2.05) is 6.92 Å². The van der Waals surface area contributed by atoms with Gasteiger partial charge in [0.1, 0.15) is 0 Å². The number of ether oxygens (including phenoxy) is 2. The molecule has 0 saturated heterocycles. The van der Waals surface area contributed by atoms with Crippen molar-refractivity contribution in [2.45, 2.75) is 32.5 Å². The van der Waals surface area contributed by atoms with E-state index in [-0.39, 0.29) is 18.3 Å². The highest BCUT2D eigenvalue weighted by Crippen LogP contribution is 2.36. The number of halogens is 3. The number of benzene rings is 1. The summed E-state index contributed by atoms with van der Waals surface area (Å²) in [6.45, 7) is 2.23. The molecule has 0 atom stereocenters. The van der Waals surface area contributed by atoms with E-state index >= 15 is 0 Å². The first kappa shape index (κ1) is 18.5. The Hall–Kier alpha value is -1.87. The fourth-order valence-corrected chi connectivity index (χ4v) is 2.95. The second-order valence-electron chi connectivity index (χ2n) is 5.05. The Balaban J connectivity index is 2.28. The monoisotopic (exact) mass is 362 g/mol. The molecule has 2 aromatic rings. The van der Waals surface area contributed by atoms with Crippen LogP contribution in [0.4, 0.5) is 23.1 Å². The van der Waals surface area contributed by atoms with Crippen LogP contribution in [0.1, 0.15) is 30.9 Å². The number of aromatic nitrogens is 1. The molecule has 1 N–H and O–H groups in total. The Morgan fingerprint density at radius 1 is 1.38 bits per heavy atom. The molecule has 0 aliphatic heterocycles. The zero-order valence-corrected chi connectivity index (χ0v) is 14.0. The van der Waals surface area contributed by atoms with Gasteiger partial charge in [-0.1, -0.05) is 24.7 Å². The number of rotatable bonds is 6. The van der Waals surface area contributed by atoms with Crippen LogP contribution in [0.2, 0.25) is 0 Å². The molecule has 1 aromatic heterocycles. The van der Waals surface area contributed by atoms with E-state index in [4.69, 9.17) is 9.47 Å². The van der Waals surface area contributed by atoms with Gasteiger partial charge >= 0.3 is 12.3 Å². The van der Waals surface area contributed by atoms with E-state index in [9.17, 15) is 18.0 Å². The number of amides is 1.